The fourth-order valence-electron chi connectivity index (χ4n) is 2.03. The average molecular weight is 258 g/mol. The summed E-state index contributed by atoms with van der Waals surface area (Å²) >= 11 is 0. The smallest absolute Gasteiger partial charge is 0.240 e. The van der Waals surface area contributed by atoms with Gasteiger partial charge in [-0.05, 0) is 30.2 Å². The van der Waals surface area contributed by atoms with Crippen LogP contribution in [0.25, 0.3) is 10.9 Å². The van der Waals surface area contributed by atoms with Crippen LogP contribution in [0.2, 0.25) is 0 Å². The zero-order valence-corrected chi connectivity index (χ0v) is 11.1. The van der Waals surface area contributed by atoms with Crippen molar-refractivity contribution in [2.75, 3.05) is 11.1 Å². The minimum Gasteiger partial charge on any atom is -0.397 e. The summed E-state index contributed by atoms with van der Waals surface area (Å²) < 4.78 is 0. The van der Waals surface area contributed by atoms with Gasteiger partial charge in [0.25, 0.3) is 0 Å². The van der Waals surface area contributed by atoms with E-state index in [9.17, 15) is 4.79 Å². The number of carbonyl (C=O) groups excluding carboxylic acids is 1. The van der Waals surface area contributed by atoms with E-state index < -0.39 is 6.04 Å². The Kier molecular flexibility index (Phi) is 3.55. The van der Waals surface area contributed by atoms with Crippen molar-refractivity contribution in [1.82, 2.24) is 4.98 Å². The number of nitrogens with one attached hydrogen (secondary N) is 1. The maximum atomic E-state index is 11.4. The summed E-state index contributed by atoms with van der Waals surface area (Å²) in [4.78, 5) is 15.7. The molecule has 100 valence electrons. The van der Waals surface area contributed by atoms with Crippen LogP contribution in [0.5, 0.6) is 0 Å². The van der Waals surface area contributed by atoms with E-state index in [4.69, 9.17) is 11.5 Å². The van der Waals surface area contributed by atoms with Gasteiger partial charge in [-0.25, -0.2) is 0 Å². The van der Waals surface area contributed by atoms with Gasteiger partial charge in [0, 0.05) is 11.6 Å². The number of nitrogen functional groups attached to an aromatic ring is 1. The predicted octanol–water partition coefficient (Wildman–Crippen LogP) is 1.74. The number of aromatic nitrogens is 1. The highest BCUT2D eigenvalue weighted by molar-refractivity contribution is 5.97. The number of fused-ring (bicyclic) bond motifs is 1. The molecule has 2 rings (SSSR count). The number of amides is 1. The van der Waals surface area contributed by atoms with Gasteiger partial charge in [-0.3, -0.25) is 9.78 Å². The fraction of sp³-hybridized carbons (Fsp3) is 0.286. The van der Waals surface area contributed by atoms with Gasteiger partial charge in [-0.15, -0.1) is 0 Å². The largest absolute Gasteiger partial charge is 0.397 e. The Morgan fingerprint density at radius 1 is 1.32 bits per heavy atom. The fourth-order valence-corrected chi connectivity index (χ4v) is 2.03. The van der Waals surface area contributed by atoms with Crippen molar-refractivity contribution in [1.29, 1.82) is 0 Å². The Morgan fingerprint density at radius 3 is 2.68 bits per heavy atom. The van der Waals surface area contributed by atoms with Gasteiger partial charge in [0.1, 0.15) is 6.04 Å². The van der Waals surface area contributed by atoms with Crippen molar-refractivity contribution < 1.29 is 4.79 Å². The van der Waals surface area contributed by atoms with E-state index in [1.54, 1.807) is 6.20 Å². The highest BCUT2D eigenvalue weighted by Crippen LogP contribution is 2.28. The highest BCUT2D eigenvalue weighted by atomic mass is 16.1. The molecule has 1 aromatic carbocycles. The summed E-state index contributed by atoms with van der Waals surface area (Å²) in [5.41, 5.74) is 13.6. The number of carbonyl (C=O) groups is 1. The van der Waals surface area contributed by atoms with Gasteiger partial charge < -0.3 is 16.8 Å². The van der Waals surface area contributed by atoms with Crippen molar-refractivity contribution in [3.8, 4) is 0 Å². The standard InChI is InChI=1S/C14H18N4O/c1-8(2)13(14(16)19)18-11-6-5-10-9(12(11)15)4-3-7-17-10/h3-8,13,18H,15H2,1-2H3,(H2,16,19). The predicted molar refractivity (Wildman–Crippen MR) is 77.6 cm³/mol. The Morgan fingerprint density at radius 2 is 2.05 bits per heavy atom. The van der Waals surface area contributed by atoms with Gasteiger partial charge in [0.05, 0.1) is 16.9 Å². The summed E-state index contributed by atoms with van der Waals surface area (Å²) in [6.07, 6.45) is 1.72. The lowest BCUT2D eigenvalue weighted by atomic mass is 10.0. The summed E-state index contributed by atoms with van der Waals surface area (Å²) in [5, 5.41) is 3.97. The Bertz CT molecular complexity index is 609. The van der Waals surface area contributed by atoms with E-state index in [1.165, 1.54) is 0 Å². The van der Waals surface area contributed by atoms with Crippen molar-refractivity contribution >= 4 is 28.2 Å². The maximum absolute atomic E-state index is 11.4. The minimum absolute atomic E-state index is 0.0847. The molecule has 1 heterocycles. The molecule has 5 N–H and O–H groups in total. The SMILES string of the molecule is CC(C)C(Nc1ccc2ncccc2c1N)C(N)=O. The lowest BCUT2D eigenvalue weighted by Gasteiger charge is -2.21. The van der Waals surface area contributed by atoms with Gasteiger partial charge in [-0.1, -0.05) is 13.8 Å². The van der Waals surface area contributed by atoms with E-state index in [0.29, 0.717) is 11.4 Å². The molecule has 0 fully saturated rings. The molecular formula is C14H18N4O. The third kappa shape index (κ3) is 2.59. The Labute approximate surface area is 112 Å². The number of nitrogens with two attached hydrogens (primary N) is 2. The van der Waals surface area contributed by atoms with Crippen molar-refractivity contribution in [3.63, 3.8) is 0 Å². The van der Waals surface area contributed by atoms with Crippen LogP contribution in [-0.2, 0) is 4.79 Å². The first-order valence-electron chi connectivity index (χ1n) is 6.19. The van der Waals surface area contributed by atoms with Crippen LogP contribution in [0.1, 0.15) is 13.8 Å². The Balaban J connectivity index is 2.40. The average Bonchev–Trinajstić information content (AvgIpc) is 2.37. The lowest BCUT2D eigenvalue weighted by molar-refractivity contribution is -0.119. The zero-order chi connectivity index (χ0) is 14.0. The molecule has 0 radical (unpaired) electrons. The number of nitrogens with zero attached hydrogens (tertiary/aromatic N) is 1. The molecule has 0 saturated heterocycles. The van der Waals surface area contributed by atoms with Gasteiger partial charge in [0.2, 0.25) is 5.91 Å². The minimum atomic E-state index is -0.448. The van der Waals surface area contributed by atoms with E-state index in [-0.39, 0.29) is 11.8 Å². The number of primary amides is 1. The summed E-state index contributed by atoms with van der Waals surface area (Å²) in [6, 6.07) is 6.97. The van der Waals surface area contributed by atoms with Gasteiger partial charge in [0.15, 0.2) is 0 Å². The van der Waals surface area contributed by atoms with Crippen LogP contribution >= 0.6 is 0 Å². The second-order valence-corrected chi connectivity index (χ2v) is 4.87. The molecule has 5 nitrogen and oxygen atoms in total. The molecule has 5 heteroatoms. The maximum Gasteiger partial charge on any atom is 0.240 e. The molecule has 0 aliphatic carbocycles. The molecular weight excluding hydrogens is 240 g/mol. The second kappa shape index (κ2) is 5.14. The van der Waals surface area contributed by atoms with Crippen LogP contribution in [0, 0.1) is 5.92 Å². The molecule has 0 bridgehead atoms. The topological polar surface area (TPSA) is 94.0 Å². The first kappa shape index (κ1) is 13.1. The summed E-state index contributed by atoms with van der Waals surface area (Å²) in [7, 11) is 0. The van der Waals surface area contributed by atoms with Crippen LogP contribution in [-0.4, -0.2) is 16.9 Å². The number of rotatable bonds is 4. The molecule has 1 amide bonds. The second-order valence-electron chi connectivity index (χ2n) is 4.87. The zero-order valence-electron chi connectivity index (χ0n) is 11.1. The number of hydrogen-bond acceptors (Lipinski definition) is 4. The lowest BCUT2D eigenvalue weighted by Crippen LogP contribution is -2.39. The van der Waals surface area contributed by atoms with Gasteiger partial charge in [-0.2, -0.15) is 0 Å². The molecule has 1 unspecified atom stereocenters. The number of pyridine rings is 1. The third-order valence-corrected chi connectivity index (χ3v) is 3.11. The van der Waals surface area contributed by atoms with E-state index in [1.807, 2.05) is 38.1 Å². The van der Waals surface area contributed by atoms with Gasteiger partial charge >= 0.3 is 0 Å². The number of hydrogen-bond donors (Lipinski definition) is 3. The number of benzene rings is 1. The first-order valence-corrected chi connectivity index (χ1v) is 6.19. The van der Waals surface area contributed by atoms with Crippen LogP contribution in [0.15, 0.2) is 30.5 Å². The Hall–Kier alpha value is -2.30. The molecule has 19 heavy (non-hydrogen) atoms. The molecule has 0 saturated carbocycles. The van der Waals surface area contributed by atoms with Crippen LogP contribution in [0.3, 0.4) is 0 Å². The monoisotopic (exact) mass is 258 g/mol. The number of anilines is 2. The first-order chi connectivity index (χ1) is 9.00. The normalized spacial score (nSPS) is 12.6. The van der Waals surface area contributed by atoms with E-state index in [0.717, 1.165) is 10.9 Å². The van der Waals surface area contributed by atoms with Crippen molar-refractivity contribution in [2.24, 2.45) is 11.7 Å². The van der Waals surface area contributed by atoms with Crippen molar-refractivity contribution in [3.05, 3.63) is 30.5 Å². The molecule has 0 aliphatic rings. The van der Waals surface area contributed by atoms with E-state index >= 15 is 0 Å². The van der Waals surface area contributed by atoms with Crippen LogP contribution in [0.4, 0.5) is 11.4 Å². The molecule has 2 aromatic rings. The quantitative estimate of drug-likeness (QED) is 0.728. The van der Waals surface area contributed by atoms with Crippen LogP contribution < -0.4 is 16.8 Å². The molecule has 0 aliphatic heterocycles. The summed E-state index contributed by atoms with van der Waals surface area (Å²) in [6.45, 7) is 3.86. The highest BCUT2D eigenvalue weighted by Gasteiger charge is 2.20. The molecule has 1 aromatic heterocycles. The summed E-state index contributed by atoms with van der Waals surface area (Å²) in [5.74, 6) is -0.304. The van der Waals surface area contributed by atoms with Crippen molar-refractivity contribution in [2.45, 2.75) is 19.9 Å². The van der Waals surface area contributed by atoms with E-state index in [2.05, 4.69) is 10.3 Å². The third-order valence-electron chi connectivity index (χ3n) is 3.11. The molecule has 0 spiro atoms. The molecule has 1 atom stereocenters.